The zero-order valence-corrected chi connectivity index (χ0v) is 15.2. The summed E-state index contributed by atoms with van der Waals surface area (Å²) in [6.07, 6.45) is 1.11. The molecule has 2 aromatic rings. The molecule has 6 heteroatoms. The number of halogens is 3. The summed E-state index contributed by atoms with van der Waals surface area (Å²) in [5.41, 5.74) is 1.26. The molecule has 0 aliphatic carbocycles. The van der Waals surface area contributed by atoms with E-state index in [1.807, 2.05) is 6.07 Å². The van der Waals surface area contributed by atoms with E-state index in [-0.39, 0.29) is 6.04 Å². The number of nitrogens with one attached hydrogen (secondary N) is 1. The molecule has 0 saturated carbocycles. The molecule has 1 nitrogen and oxygen atoms in total. The molecule has 18 heavy (non-hydrogen) atoms. The molecular weight excluding hydrogens is 418 g/mol. The van der Waals surface area contributed by atoms with Crippen molar-refractivity contribution in [1.82, 2.24) is 5.32 Å². The highest BCUT2D eigenvalue weighted by Crippen LogP contribution is 2.40. The van der Waals surface area contributed by atoms with E-state index in [2.05, 4.69) is 56.2 Å². The Hall–Kier alpha value is 0.610. The molecular formula is C12H12Br2ClNS2. The summed E-state index contributed by atoms with van der Waals surface area (Å²) in [5, 5.41) is 3.58. The van der Waals surface area contributed by atoms with E-state index >= 15 is 0 Å². The molecule has 0 radical (unpaired) electrons. The van der Waals surface area contributed by atoms with Crippen molar-refractivity contribution in [3.05, 3.63) is 40.5 Å². The second kappa shape index (κ2) is 6.86. The van der Waals surface area contributed by atoms with Gasteiger partial charge in [0.15, 0.2) is 0 Å². The molecule has 98 valence electrons. The van der Waals surface area contributed by atoms with Crippen LogP contribution in [-0.4, -0.2) is 6.54 Å². The first-order chi connectivity index (χ1) is 8.61. The zero-order valence-electron chi connectivity index (χ0n) is 9.67. The monoisotopic (exact) mass is 427 g/mol. The van der Waals surface area contributed by atoms with Crippen LogP contribution >= 0.6 is 66.1 Å². The summed E-state index contributed by atoms with van der Waals surface area (Å²) in [4.78, 5) is 1.25. The van der Waals surface area contributed by atoms with Gasteiger partial charge < -0.3 is 5.32 Å². The van der Waals surface area contributed by atoms with Crippen molar-refractivity contribution in [3.63, 3.8) is 0 Å². The highest BCUT2D eigenvalue weighted by atomic mass is 79.9. The fraction of sp³-hybridized carbons (Fsp3) is 0.333. The fourth-order valence-electron chi connectivity index (χ4n) is 1.69. The number of rotatable bonds is 5. The summed E-state index contributed by atoms with van der Waals surface area (Å²) < 4.78 is 3.13. The van der Waals surface area contributed by atoms with Crippen molar-refractivity contribution in [2.75, 3.05) is 6.54 Å². The van der Waals surface area contributed by atoms with Crippen molar-refractivity contribution in [1.29, 1.82) is 0 Å². The quantitative estimate of drug-likeness (QED) is 0.608. The lowest BCUT2D eigenvalue weighted by atomic mass is 10.1. The predicted octanol–water partition coefficient (Wildman–Crippen LogP) is 6.08. The molecule has 0 saturated heterocycles. The minimum absolute atomic E-state index is 0.208. The molecule has 0 aliphatic rings. The molecule has 1 unspecified atom stereocenters. The standard InChI is InChI=1S/C12H12Br2ClNS2/c1-2-5-16-11(8-3-4-10(15)17-8)7-6-9(13)18-12(7)14/h3-4,6,11,16H,2,5H2,1H3. The topological polar surface area (TPSA) is 12.0 Å². The first-order valence-electron chi connectivity index (χ1n) is 5.55. The number of hydrogen-bond donors (Lipinski definition) is 1. The lowest BCUT2D eigenvalue weighted by Gasteiger charge is -2.16. The lowest BCUT2D eigenvalue weighted by molar-refractivity contribution is 0.606. The van der Waals surface area contributed by atoms with Gasteiger partial charge in [-0.2, -0.15) is 0 Å². The predicted molar refractivity (Wildman–Crippen MR) is 89.2 cm³/mol. The molecule has 0 amide bonds. The molecule has 2 rings (SSSR count). The average molecular weight is 430 g/mol. The SMILES string of the molecule is CCCNC(c1ccc(Cl)s1)c1cc(Br)sc1Br. The summed E-state index contributed by atoms with van der Waals surface area (Å²) >= 11 is 16.5. The maximum Gasteiger partial charge on any atom is 0.0931 e. The smallest absolute Gasteiger partial charge is 0.0931 e. The summed E-state index contributed by atoms with van der Waals surface area (Å²) in [6, 6.07) is 6.42. The Morgan fingerprint density at radius 2 is 2.11 bits per heavy atom. The van der Waals surface area contributed by atoms with E-state index in [1.54, 1.807) is 22.7 Å². The van der Waals surface area contributed by atoms with Gasteiger partial charge in [-0.1, -0.05) is 18.5 Å². The normalized spacial score (nSPS) is 12.9. The summed E-state index contributed by atoms with van der Waals surface area (Å²) in [7, 11) is 0. The van der Waals surface area contributed by atoms with Gasteiger partial charge in [0.2, 0.25) is 0 Å². The third-order valence-electron chi connectivity index (χ3n) is 2.47. The van der Waals surface area contributed by atoms with E-state index in [1.165, 1.54) is 10.4 Å². The van der Waals surface area contributed by atoms with Crippen LogP contribution in [0.15, 0.2) is 25.8 Å². The molecule has 1 N–H and O–H groups in total. The Balaban J connectivity index is 2.33. The Morgan fingerprint density at radius 3 is 2.61 bits per heavy atom. The van der Waals surface area contributed by atoms with Crippen molar-refractivity contribution in [3.8, 4) is 0 Å². The van der Waals surface area contributed by atoms with Crippen LogP contribution in [-0.2, 0) is 0 Å². The van der Waals surface area contributed by atoms with E-state index in [0.717, 1.165) is 24.9 Å². The lowest BCUT2D eigenvalue weighted by Crippen LogP contribution is -2.22. The van der Waals surface area contributed by atoms with Crippen LogP contribution in [0, 0.1) is 0 Å². The summed E-state index contributed by atoms with van der Waals surface area (Å²) in [6.45, 7) is 3.16. The zero-order chi connectivity index (χ0) is 13.1. The van der Waals surface area contributed by atoms with Gasteiger partial charge in [-0.25, -0.2) is 0 Å². The van der Waals surface area contributed by atoms with Crippen molar-refractivity contribution in [2.45, 2.75) is 19.4 Å². The highest BCUT2D eigenvalue weighted by Gasteiger charge is 2.20. The van der Waals surface area contributed by atoms with E-state index < -0.39 is 0 Å². The van der Waals surface area contributed by atoms with E-state index in [0.29, 0.717) is 0 Å². The Bertz CT molecular complexity index is 524. The molecule has 0 aliphatic heterocycles. The second-order valence-corrected chi connectivity index (χ2v) is 9.30. The fourth-order valence-corrected chi connectivity index (χ4v) is 5.74. The van der Waals surface area contributed by atoms with Crippen molar-refractivity contribution < 1.29 is 0 Å². The first-order valence-corrected chi connectivity index (χ1v) is 9.15. The van der Waals surface area contributed by atoms with Gasteiger partial charge in [0.05, 0.1) is 18.0 Å². The largest absolute Gasteiger partial charge is 0.306 e. The first kappa shape index (κ1) is 15.0. The minimum atomic E-state index is 0.208. The molecule has 0 aromatic carbocycles. The van der Waals surface area contributed by atoms with Crippen LogP contribution < -0.4 is 5.32 Å². The van der Waals surface area contributed by atoms with Gasteiger partial charge in [0, 0.05) is 10.4 Å². The highest BCUT2D eigenvalue weighted by molar-refractivity contribution is 9.12. The van der Waals surface area contributed by atoms with Gasteiger partial charge in [0.25, 0.3) is 0 Å². The van der Waals surface area contributed by atoms with Crippen LogP contribution in [0.2, 0.25) is 4.34 Å². The minimum Gasteiger partial charge on any atom is -0.306 e. The van der Waals surface area contributed by atoms with Crippen LogP contribution in [0.1, 0.15) is 29.8 Å². The number of thiophene rings is 2. The van der Waals surface area contributed by atoms with Crippen molar-refractivity contribution >= 4 is 66.1 Å². The van der Waals surface area contributed by atoms with Gasteiger partial charge >= 0.3 is 0 Å². The van der Waals surface area contributed by atoms with Crippen LogP contribution in [0.4, 0.5) is 0 Å². The van der Waals surface area contributed by atoms with Crippen LogP contribution in [0.25, 0.3) is 0 Å². The van der Waals surface area contributed by atoms with Crippen LogP contribution in [0.5, 0.6) is 0 Å². The molecule has 0 bridgehead atoms. The Morgan fingerprint density at radius 1 is 1.33 bits per heavy atom. The Labute approximate surface area is 137 Å². The van der Waals surface area contributed by atoms with Crippen LogP contribution in [0.3, 0.4) is 0 Å². The maximum atomic E-state index is 6.04. The van der Waals surface area contributed by atoms with Gasteiger partial charge in [0.1, 0.15) is 0 Å². The molecule has 2 heterocycles. The third-order valence-corrected chi connectivity index (χ3v) is 6.15. The Kier molecular flexibility index (Phi) is 5.72. The molecule has 1 atom stereocenters. The summed E-state index contributed by atoms with van der Waals surface area (Å²) in [5.74, 6) is 0. The molecule has 0 spiro atoms. The van der Waals surface area contributed by atoms with E-state index in [9.17, 15) is 0 Å². The third kappa shape index (κ3) is 3.58. The maximum absolute atomic E-state index is 6.04. The second-order valence-electron chi connectivity index (χ2n) is 3.81. The van der Waals surface area contributed by atoms with Gasteiger partial charge in [-0.3, -0.25) is 0 Å². The van der Waals surface area contributed by atoms with Crippen molar-refractivity contribution in [2.24, 2.45) is 0 Å². The van der Waals surface area contributed by atoms with E-state index in [4.69, 9.17) is 11.6 Å². The number of hydrogen-bond acceptors (Lipinski definition) is 3. The molecule has 2 aromatic heterocycles. The van der Waals surface area contributed by atoms with Gasteiger partial charge in [-0.05, 0) is 63.0 Å². The average Bonchev–Trinajstić information content (AvgIpc) is 2.87. The van der Waals surface area contributed by atoms with Gasteiger partial charge in [-0.15, -0.1) is 22.7 Å². The molecule has 0 fully saturated rings.